The highest BCUT2D eigenvalue weighted by molar-refractivity contribution is 5.98. The molecule has 0 saturated carbocycles. The largest absolute Gasteiger partial charge is 0.396 e. The van der Waals surface area contributed by atoms with Crippen LogP contribution >= 0.6 is 0 Å². The third kappa shape index (κ3) is 2.90. The fourth-order valence-electron chi connectivity index (χ4n) is 2.42. The van der Waals surface area contributed by atoms with E-state index in [0.29, 0.717) is 19.5 Å². The van der Waals surface area contributed by atoms with E-state index in [1.807, 2.05) is 0 Å². The molecular weight excluding hydrogens is 248 g/mol. The summed E-state index contributed by atoms with van der Waals surface area (Å²) >= 11 is 0. The zero-order valence-electron chi connectivity index (χ0n) is 10.5. The third-order valence-electron chi connectivity index (χ3n) is 3.44. The second-order valence-corrected chi connectivity index (χ2v) is 4.69. The first-order valence-corrected chi connectivity index (χ1v) is 6.27. The van der Waals surface area contributed by atoms with Crippen molar-refractivity contribution in [3.8, 4) is 0 Å². The molecule has 1 atom stereocenters. The Morgan fingerprint density at radius 3 is 2.89 bits per heavy atom. The van der Waals surface area contributed by atoms with Crippen LogP contribution in [0.2, 0.25) is 0 Å². The van der Waals surface area contributed by atoms with Gasteiger partial charge in [0.2, 0.25) is 0 Å². The average Bonchev–Trinajstić information content (AvgIpc) is 2.87. The van der Waals surface area contributed by atoms with Gasteiger partial charge < -0.3 is 10.0 Å². The third-order valence-corrected chi connectivity index (χ3v) is 3.44. The van der Waals surface area contributed by atoms with Gasteiger partial charge in [-0.05, 0) is 24.8 Å². The van der Waals surface area contributed by atoms with Gasteiger partial charge >= 0.3 is 0 Å². The Balaban J connectivity index is 2.15. The molecule has 1 aromatic rings. The zero-order chi connectivity index (χ0) is 13.8. The Hall–Kier alpha value is -1.95. The van der Waals surface area contributed by atoms with E-state index in [9.17, 15) is 14.9 Å². The lowest BCUT2D eigenvalue weighted by molar-refractivity contribution is -0.385. The molecule has 1 heterocycles. The van der Waals surface area contributed by atoms with Crippen LogP contribution in [0.5, 0.6) is 0 Å². The van der Waals surface area contributed by atoms with Crippen molar-refractivity contribution >= 4 is 11.6 Å². The molecule has 6 heteroatoms. The maximum absolute atomic E-state index is 12.3. The number of amides is 1. The zero-order valence-corrected chi connectivity index (χ0v) is 10.5. The number of nitro groups is 1. The summed E-state index contributed by atoms with van der Waals surface area (Å²) in [6.45, 7) is 1.26. The van der Waals surface area contributed by atoms with Crippen LogP contribution in [0.15, 0.2) is 24.3 Å². The molecule has 102 valence electrons. The molecule has 6 nitrogen and oxygen atoms in total. The van der Waals surface area contributed by atoms with E-state index in [-0.39, 0.29) is 29.7 Å². The van der Waals surface area contributed by atoms with Crippen molar-refractivity contribution < 1.29 is 14.8 Å². The summed E-state index contributed by atoms with van der Waals surface area (Å²) in [5.74, 6) is -0.00976. The summed E-state index contributed by atoms with van der Waals surface area (Å²) in [6, 6.07) is 6.00. The number of carbonyl (C=O) groups is 1. The van der Waals surface area contributed by atoms with Crippen LogP contribution in [0.3, 0.4) is 0 Å². The number of benzene rings is 1. The lowest BCUT2D eigenvalue weighted by atomic mass is 10.1. The predicted molar refractivity (Wildman–Crippen MR) is 68.8 cm³/mol. The van der Waals surface area contributed by atoms with E-state index in [0.717, 1.165) is 6.42 Å². The quantitative estimate of drug-likeness (QED) is 0.658. The lowest BCUT2D eigenvalue weighted by Gasteiger charge is -2.16. The summed E-state index contributed by atoms with van der Waals surface area (Å²) in [7, 11) is 0. The van der Waals surface area contributed by atoms with Gasteiger partial charge in [0.1, 0.15) is 5.56 Å². The van der Waals surface area contributed by atoms with Crippen molar-refractivity contribution in [1.29, 1.82) is 0 Å². The van der Waals surface area contributed by atoms with Gasteiger partial charge in [-0.25, -0.2) is 0 Å². The number of hydrogen-bond donors (Lipinski definition) is 1. The maximum Gasteiger partial charge on any atom is 0.282 e. The molecular formula is C13H16N2O4. The first-order chi connectivity index (χ1) is 9.13. The number of aliphatic hydroxyl groups is 1. The van der Waals surface area contributed by atoms with Crippen LogP contribution in [0.1, 0.15) is 23.2 Å². The molecule has 2 rings (SSSR count). The highest BCUT2D eigenvalue weighted by Crippen LogP contribution is 2.24. The van der Waals surface area contributed by atoms with Crippen molar-refractivity contribution in [2.45, 2.75) is 12.8 Å². The highest BCUT2D eigenvalue weighted by atomic mass is 16.6. The molecule has 0 aromatic heterocycles. The van der Waals surface area contributed by atoms with Crippen molar-refractivity contribution in [2.24, 2.45) is 5.92 Å². The molecule has 1 unspecified atom stereocenters. The molecule has 1 fully saturated rings. The van der Waals surface area contributed by atoms with Crippen LogP contribution in [-0.4, -0.2) is 40.5 Å². The van der Waals surface area contributed by atoms with E-state index in [1.165, 1.54) is 12.1 Å². The topological polar surface area (TPSA) is 83.7 Å². The molecule has 1 amide bonds. The van der Waals surface area contributed by atoms with Crippen LogP contribution < -0.4 is 0 Å². The minimum absolute atomic E-state index is 0.109. The van der Waals surface area contributed by atoms with E-state index in [1.54, 1.807) is 17.0 Å². The second kappa shape index (κ2) is 5.79. The standard InChI is InChI=1S/C13H16N2O4/c16-8-6-10-5-7-14(9-10)13(17)11-3-1-2-4-12(11)15(18)19/h1-4,10,16H,5-9H2. The monoisotopic (exact) mass is 264 g/mol. The van der Waals surface area contributed by atoms with Gasteiger partial charge in [-0.15, -0.1) is 0 Å². The molecule has 19 heavy (non-hydrogen) atoms. The molecule has 0 radical (unpaired) electrons. The first kappa shape index (κ1) is 13.5. The average molecular weight is 264 g/mol. The van der Waals surface area contributed by atoms with Crippen molar-refractivity contribution in [2.75, 3.05) is 19.7 Å². The summed E-state index contributed by atoms with van der Waals surface area (Å²) < 4.78 is 0. The van der Waals surface area contributed by atoms with Gasteiger partial charge in [-0.3, -0.25) is 14.9 Å². The molecule has 0 spiro atoms. The smallest absolute Gasteiger partial charge is 0.282 e. The van der Waals surface area contributed by atoms with Crippen molar-refractivity contribution in [1.82, 2.24) is 4.90 Å². The summed E-state index contributed by atoms with van der Waals surface area (Å²) in [5, 5.41) is 19.8. The van der Waals surface area contributed by atoms with Crippen LogP contribution in [0.25, 0.3) is 0 Å². The Kier molecular flexibility index (Phi) is 4.11. The number of nitrogens with zero attached hydrogens (tertiary/aromatic N) is 2. The summed E-state index contributed by atoms with van der Waals surface area (Å²) in [5.41, 5.74) is -0.0183. The van der Waals surface area contributed by atoms with Crippen molar-refractivity contribution in [3.05, 3.63) is 39.9 Å². The lowest BCUT2D eigenvalue weighted by Crippen LogP contribution is -2.29. The van der Waals surface area contributed by atoms with E-state index < -0.39 is 4.92 Å². The number of carbonyl (C=O) groups excluding carboxylic acids is 1. The fraction of sp³-hybridized carbons (Fsp3) is 0.462. The molecule has 0 bridgehead atoms. The van der Waals surface area contributed by atoms with Gasteiger partial charge in [0.05, 0.1) is 4.92 Å². The Morgan fingerprint density at radius 2 is 2.21 bits per heavy atom. The fourth-order valence-corrected chi connectivity index (χ4v) is 2.42. The number of nitro benzene ring substituents is 1. The second-order valence-electron chi connectivity index (χ2n) is 4.69. The van der Waals surface area contributed by atoms with Gasteiger partial charge in [0, 0.05) is 25.8 Å². The molecule has 1 saturated heterocycles. The molecule has 1 aromatic carbocycles. The van der Waals surface area contributed by atoms with Gasteiger partial charge in [0.15, 0.2) is 0 Å². The normalized spacial score (nSPS) is 18.6. The number of aliphatic hydroxyl groups excluding tert-OH is 1. The minimum atomic E-state index is -0.533. The number of likely N-dealkylation sites (tertiary alicyclic amines) is 1. The number of rotatable bonds is 4. The minimum Gasteiger partial charge on any atom is -0.396 e. The van der Waals surface area contributed by atoms with Gasteiger partial charge in [0.25, 0.3) is 11.6 Å². The van der Waals surface area contributed by atoms with Crippen LogP contribution in [0.4, 0.5) is 5.69 Å². The molecule has 0 aliphatic carbocycles. The predicted octanol–water partition coefficient (Wildman–Crippen LogP) is 1.44. The van der Waals surface area contributed by atoms with Crippen LogP contribution in [0, 0.1) is 16.0 Å². The summed E-state index contributed by atoms with van der Waals surface area (Å²) in [4.78, 5) is 24.3. The van der Waals surface area contributed by atoms with Crippen molar-refractivity contribution in [3.63, 3.8) is 0 Å². The molecule has 1 N–H and O–H groups in total. The molecule has 1 aliphatic rings. The summed E-state index contributed by atoms with van der Waals surface area (Å²) in [6.07, 6.45) is 1.51. The Morgan fingerprint density at radius 1 is 1.47 bits per heavy atom. The Bertz CT molecular complexity index is 489. The number of hydrogen-bond acceptors (Lipinski definition) is 4. The van der Waals surface area contributed by atoms with Crippen LogP contribution in [-0.2, 0) is 0 Å². The Labute approximate surface area is 110 Å². The number of para-hydroxylation sites is 1. The first-order valence-electron chi connectivity index (χ1n) is 6.27. The van der Waals surface area contributed by atoms with E-state index in [4.69, 9.17) is 5.11 Å². The van der Waals surface area contributed by atoms with Gasteiger partial charge in [-0.2, -0.15) is 0 Å². The maximum atomic E-state index is 12.3. The van der Waals surface area contributed by atoms with Gasteiger partial charge in [-0.1, -0.05) is 12.1 Å². The molecule has 1 aliphatic heterocycles. The SMILES string of the molecule is O=C(c1ccccc1[N+](=O)[O-])N1CCC(CCO)C1. The van der Waals surface area contributed by atoms with E-state index >= 15 is 0 Å². The van der Waals surface area contributed by atoms with E-state index in [2.05, 4.69) is 0 Å². The highest BCUT2D eigenvalue weighted by Gasteiger charge is 2.29.